The third-order valence-electron chi connectivity index (χ3n) is 2.85. The highest BCUT2D eigenvalue weighted by Gasteiger charge is 2.07. The van der Waals surface area contributed by atoms with Gasteiger partial charge in [0.15, 0.2) is 0 Å². The van der Waals surface area contributed by atoms with E-state index < -0.39 is 10.1 Å². The number of benzene rings is 2. The van der Waals surface area contributed by atoms with E-state index in [9.17, 15) is 8.42 Å². The summed E-state index contributed by atoms with van der Waals surface area (Å²) in [7, 11) is -4.06. The summed E-state index contributed by atoms with van der Waals surface area (Å²) in [5.74, 6) is 0. The zero-order valence-corrected chi connectivity index (χ0v) is 13.0. The van der Waals surface area contributed by atoms with E-state index in [1.807, 2.05) is 36.4 Å². The average molecular weight is 314 g/mol. The van der Waals surface area contributed by atoms with Crippen LogP contribution in [-0.2, 0) is 10.1 Å². The van der Waals surface area contributed by atoms with Crippen molar-refractivity contribution in [2.24, 2.45) is 0 Å². The highest BCUT2D eigenvalue weighted by molar-refractivity contribution is 7.85. The molecule has 0 saturated heterocycles. The first-order chi connectivity index (χ1) is 10.4. The van der Waals surface area contributed by atoms with Crippen molar-refractivity contribution in [3.05, 3.63) is 85.0 Å². The highest BCUT2D eigenvalue weighted by Crippen LogP contribution is 2.11. The second kappa shape index (κ2) is 8.12. The normalized spacial score (nSPS) is 10.0. The molecule has 2 aromatic carbocycles. The van der Waals surface area contributed by atoms with Gasteiger partial charge in [-0.3, -0.25) is 4.55 Å². The standard InChI is InChI=1S/C10H10.C8H8O3S/c1-3-9-7-5-6-8-10(9)4-2;1-2-7-3-5-8(6-4-7)12(9,10)11/h3-8H,1-2H2;2-6H,1H2,(H,9,10,11). The van der Waals surface area contributed by atoms with Gasteiger partial charge >= 0.3 is 0 Å². The van der Waals surface area contributed by atoms with Crippen molar-refractivity contribution in [3.63, 3.8) is 0 Å². The third kappa shape index (κ3) is 5.16. The van der Waals surface area contributed by atoms with Crippen molar-refractivity contribution in [1.82, 2.24) is 0 Å². The summed E-state index contributed by atoms with van der Waals surface area (Å²) >= 11 is 0. The molecule has 0 atom stereocenters. The van der Waals surface area contributed by atoms with Crippen LogP contribution in [0.3, 0.4) is 0 Å². The van der Waals surface area contributed by atoms with Gasteiger partial charge in [-0.25, -0.2) is 0 Å². The maximum Gasteiger partial charge on any atom is 0.294 e. The monoisotopic (exact) mass is 314 g/mol. The Kier molecular flexibility index (Phi) is 6.50. The maximum atomic E-state index is 10.6. The fourth-order valence-corrected chi connectivity index (χ4v) is 2.14. The summed E-state index contributed by atoms with van der Waals surface area (Å²) in [6.07, 6.45) is 5.25. The fourth-order valence-electron chi connectivity index (χ4n) is 1.66. The highest BCUT2D eigenvalue weighted by atomic mass is 32.2. The first kappa shape index (κ1) is 17.6. The van der Waals surface area contributed by atoms with Crippen molar-refractivity contribution in [2.75, 3.05) is 0 Å². The minimum Gasteiger partial charge on any atom is -0.282 e. The molecule has 1 N–H and O–H groups in total. The van der Waals surface area contributed by atoms with E-state index in [0.717, 1.165) is 16.7 Å². The molecule has 114 valence electrons. The van der Waals surface area contributed by atoms with Gasteiger partial charge in [0.25, 0.3) is 10.1 Å². The predicted molar refractivity (Wildman–Crippen MR) is 93.0 cm³/mol. The molecule has 0 aromatic heterocycles. The lowest BCUT2D eigenvalue weighted by atomic mass is 10.1. The minimum absolute atomic E-state index is 0.104. The van der Waals surface area contributed by atoms with Gasteiger partial charge in [-0.15, -0.1) is 0 Å². The largest absolute Gasteiger partial charge is 0.294 e. The van der Waals surface area contributed by atoms with Crippen LogP contribution in [-0.4, -0.2) is 13.0 Å². The molecule has 0 aliphatic carbocycles. The first-order valence-electron chi connectivity index (χ1n) is 6.46. The molecule has 2 rings (SSSR count). The SMILES string of the molecule is C=Cc1ccc(S(=O)(=O)O)cc1.C=Cc1ccccc1C=C. The molecule has 0 fully saturated rings. The van der Waals surface area contributed by atoms with E-state index in [0.29, 0.717) is 0 Å². The van der Waals surface area contributed by atoms with Gasteiger partial charge in [0, 0.05) is 0 Å². The molecule has 3 nitrogen and oxygen atoms in total. The Morgan fingerprint density at radius 1 is 0.773 bits per heavy atom. The second-order valence-electron chi connectivity index (χ2n) is 4.29. The van der Waals surface area contributed by atoms with Gasteiger partial charge in [0.1, 0.15) is 0 Å². The van der Waals surface area contributed by atoms with Gasteiger partial charge in [0.05, 0.1) is 4.90 Å². The summed E-state index contributed by atoms with van der Waals surface area (Å²) in [6.45, 7) is 10.9. The quantitative estimate of drug-likeness (QED) is 0.842. The molecule has 4 heteroatoms. The van der Waals surface area contributed by atoms with Crippen LogP contribution in [0.2, 0.25) is 0 Å². The Labute approximate surface area is 131 Å². The molecule has 0 unspecified atom stereocenters. The summed E-state index contributed by atoms with van der Waals surface area (Å²) in [5, 5.41) is 0. The van der Waals surface area contributed by atoms with Crippen molar-refractivity contribution in [3.8, 4) is 0 Å². The first-order valence-corrected chi connectivity index (χ1v) is 7.90. The van der Waals surface area contributed by atoms with E-state index in [1.54, 1.807) is 18.2 Å². The summed E-state index contributed by atoms with van der Waals surface area (Å²) in [4.78, 5) is -0.104. The lowest BCUT2D eigenvalue weighted by molar-refractivity contribution is 0.483. The van der Waals surface area contributed by atoms with Crippen LogP contribution in [0.4, 0.5) is 0 Å². The lowest BCUT2D eigenvalue weighted by Crippen LogP contribution is -1.96. The Bertz CT molecular complexity index is 730. The van der Waals surface area contributed by atoms with Gasteiger partial charge in [0.2, 0.25) is 0 Å². The second-order valence-corrected chi connectivity index (χ2v) is 5.71. The van der Waals surface area contributed by atoms with E-state index in [-0.39, 0.29) is 4.90 Å². The topological polar surface area (TPSA) is 54.4 Å². The molecule has 0 spiro atoms. The number of rotatable bonds is 4. The van der Waals surface area contributed by atoms with E-state index in [4.69, 9.17) is 4.55 Å². The van der Waals surface area contributed by atoms with Gasteiger partial charge in [-0.05, 0) is 28.8 Å². The summed E-state index contributed by atoms with van der Waals surface area (Å²) < 4.78 is 29.7. The van der Waals surface area contributed by atoms with Crippen molar-refractivity contribution < 1.29 is 13.0 Å². The Hall–Kier alpha value is -2.43. The smallest absolute Gasteiger partial charge is 0.282 e. The molecule has 0 saturated carbocycles. The molecule has 0 radical (unpaired) electrons. The molecular weight excluding hydrogens is 296 g/mol. The van der Waals surface area contributed by atoms with Crippen molar-refractivity contribution >= 4 is 28.3 Å². The molecule has 0 aliphatic rings. The lowest BCUT2D eigenvalue weighted by Gasteiger charge is -1.96. The van der Waals surface area contributed by atoms with Crippen LogP contribution in [0.15, 0.2) is 73.2 Å². The summed E-state index contributed by atoms with van der Waals surface area (Å²) in [6, 6.07) is 13.8. The summed E-state index contributed by atoms with van der Waals surface area (Å²) in [5.41, 5.74) is 3.08. The maximum absolute atomic E-state index is 10.6. The molecular formula is C18H18O3S. The predicted octanol–water partition coefficient (Wildman–Crippen LogP) is 4.55. The fraction of sp³-hybridized carbons (Fsp3) is 0. The van der Waals surface area contributed by atoms with Crippen LogP contribution in [0, 0.1) is 0 Å². The Morgan fingerprint density at radius 3 is 1.55 bits per heavy atom. The van der Waals surface area contributed by atoms with E-state index in [1.165, 1.54) is 12.1 Å². The molecule has 0 bridgehead atoms. The zero-order chi connectivity index (χ0) is 16.6. The molecule has 2 aromatic rings. The number of hydrogen-bond donors (Lipinski definition) is 1. The minimum atomic E-state index is -4.06. The molecule has 0 aliphatic heterocycles. The van der Waals surface area contributed by atoms with Crippen molar-refractivity contribution in [1.29, 1.82) is 0 Å². The Morgan fingerprint density at radius 2 is 1.23 bits per heavy atom. The van der Waals surface area contributed by atoms with Crippen LogP contribution in [0.1, 0.15) is 16.7 Å². The molecule has 0 heterocycles. The Balaban J connectivity index is 0.000000224. The number of hydrogen-bond acceptors (Lipinski definition) is 2. The van der Waals surface area contributed by atoms with Crippen LogP contribution >= 0.6 is 0 Å². The van der Waals surface area contributed by atoms with Gasteiger partial charge < -0.3 is 0 Å². The zero-order valence-electron chi connectivity index (χ0n) is 12.1. The van der Waals surface area contributed by atoms with E-state index >= 15 is 0 Å². The molecule has 22 heavy (non-hydrogen) atoms. The van der Waals surface area contributed by atoms with Gasteiger partial charge in [-0.2, -0.15) is 8.42 Å². The van der Waals surface area contributed by atoms with Crippen LogP contribution < -0.4 is 0 Å². The van der Waals surface area contributed by atoms with E-state index in [2.05, 4.69) is 19.7 Å². The average Bonchev–Trinajstić information content (AvgIpc) is 2.54. The van der Waals surface area contributed by atoms with Gasteiger partial charge in [-0.1, -0.05) is 74.4 Å². The molecule has 0 amide bonds. The third-order valence-corrected chi connectivity index (χ3v) is 3.72. The van der Waals surface area contributed by atoms with Crippen molar-refractivity contribution in [2.45, 2.75) is 4.90 Å². The van der Waals surface area contributed by atoms with Crippen LogP contribution in [0.25, 0.3) is 18.2 Å². The van der Waals surface area contributed by atoms with Crippen LogP contribution in [0.5, 0.6) is 0 Å².